The predicted octanol–water partition coefficient (Wildman–Crippen LogP) is 12.2. The van der Waals surface area contributed by atoms with Gasteiger partial charge in [0, 0.05) is 0 Å². The Morgan fingerprint density at radius 2 is 0.795 bits per heavy atom. The van der Waals surface area contributed by atoms with Gasteiger partial charge in [0.25, 0.3) is 0 Å². The number of aryl methyl sites for hydroxylation is 3. The van der Waals surface area contributed by atoms with Crippen LogP contribution in [0.15, 0.2) is 127 Å². The maximum Gasteiger partial charge on any atom is -0.0152 e. The molecule has 0 N–H and O–H groups in total. The maximum atomic E-state index is 2.18. The smallest absolute Gasteiger partial charge is 0.0152 e. The van der Waals surface area contributed by atoms with Crippen LogP contribution in [0.1, 0.15) is 83.6 Å². The minimum atomic E-state index is 1.31. The first-order valence-electron chi connectivity index (χ1n) is 16.1. The monoisotopic (exact) mass is 586 g/mol. The minimum Gasteiger partial charge on any atom is -0.0877 e. The lowest BCUT2D eigenvalue weighted by molar-refractivity contribution is 0.886. The highest BCUT2D eigenvalue weighted by Crippen LogP contribution is 2.25. The fourth-order valence-electron chi connectivity index (χ4n) is 3.96. The summed E-state index contributed by atoms with van der Waals surface area (Å²) in [6.45, 7) is 20.9. The van der Waals surface area contributed by atoms with Gasteiger partial charge in [0.2, 0.25) is 0 Å². The summed E-state index contributed by atoms with van der Waals surface area (Å²) < 4.78 is 0. The van der Waals surface area contributed by atoms with E-state index in [0.29, 0.717) is 0 Å². The van der Waals surface area contributed by atoms with E-state index in [-0.39, 0.29) is 0 Å². The van der Waals surface area contributed by atoms with Gasteiger partial charge in [0.15, 0.2) is 0 Å². The van der Waals surface area contributed by atoms with Crippen LogP contribution in [-0.2, 0) is 0 Å². The second-order valence-corrected chi connectivity index (χ2v) is 10.2. The van der Waals surface area contributed by atoms with E-state index in [9.17, 15) is 0 Å². The van der Waals surface area contributed by atoms with Crippen molar-refractivity contribution in [3.05, 3.63) is 160 Å². The van der Waals surface area contributed by atoms with Crippen LogP contribution < -0.4 is 10.4 Å². The third kappa shape index (κ3) is 17.1. The van der Waals surface area contributed by atoms with Gasteiger partial charge in [0.05, 0.1) is 0 Å². The molecule has 0 heteroatoms. The van der Waals surface area contributed by atoms with Gasteiger partial charge in [-0.25, -0.2) is 0 Å². The Hall–Kier alpha value is -4.16. The molecule has 4 rings (SSSR count). The van der Waals surface area contributed by atoms with Crippen LogP contribution in [0, 0.1) is 20.8 Å². The van der Waals surface area contributed by atoms with Gasteiger partial charge >= 0.3 is 0 Å². The first kappa shape index (κ1) is 39.8. The fraction of sp³-hybridized carbons (Fsp3) is 0.273. The number of unbranched alkanes of at least 4 members (excludes halogenated alkanes) is 1. The number of rotatable bonds is 4. The molecule has 0 bridgehead atoms. The normalized spacial score (nSPS) is 11.1. The van der Waals surface area contributed by atoms with Gasteiger partial charge < -0.3 is 0 Å². The van der Waals surface area contributed by atoms with E-state index in [2.05, 4.69) is 170 Å². The van der Waals surface area contributed by atoms with Crippen LogP contribution in [0.4, 0.5) is 0 Å². The second-order valence-electron chi connectivity index (χ2n) is 10.2. The zero-order valence-electron chi connectivity index (χ0n) is 29.3. The number of hydrogen-bond donors (Lipinski definition) is 0. The van der Waals surface area contributed by atoms with Gasteiger partial charge in [-0.3, -0.25) is 0 Å². The molecule has 0 fully saturated rings. The van der Waals surface area contributed by atoms with E-state index in [0.717, 1.165) is 0 Å². The summed E-state index contributed by atoms with van der Waals surface area (Å²) in [6, 6.07) is 33.7. The van der Waals surface area contributed by atoms with Crippen LogP contribution >= 0.6 is 0 Å². The highest BCUT2D eigenvalue weighted by atomic mass is 14.1. The van der Waals surface area contributed by atoms with Gasteiger partial charge in [0.1, 0.15) is 0 Å². The van der Waals surface area contributed by atoms with E-state index in [1.165, 1.54) is 56.7 Å². The molecule has 0 spiro atoms. The molecule has 0 aliphatic rings. The molecule has 4 aromatic carbocycles. The SMILES string of the molecule is C/C=C\C=C/C.C/C=C\c1ccccc1C.C/C=c1/cccc/c1=C/C.CCCC.Cc1ccccc1-c1ccccc1C. The molecule has 0 unspecified atom stereocenters. The van der Waals surface area contributed by atoms with Crippen LogP contribution in [0.2, 0.25) is 0 Å². The van der Waals surface area contributed by atoms with Gasteiger partial charge in [-0.15, -0.1) is 0 Å². The molecule has 0 amide bonds. The summed E-state index contributed by atoms with van der Waals surface area (Å²) in [5.41, 5.74) is 7.99. The molecule has 0 heterocycles. The standard InChI is InChI=1S/C14H14.2C10H12.C6H10.C4H10/c1-11-7-3-5-9-13(11)14-10-6-4-8-12(14)2;1-3-6-10-8-5-4-7-9(10)2;1-3-9-7-5-6-8-10(9)4-2;1-3-5-6-4-2;1-3-4-2/h3-10H,1-2H3;2*3-8H,1-2H3;3-6H,1-2H3;3-4H2,1-2H3/b;6-3-;9-3-,10-4-;5-3-,6-4-;. The molecule has 0 aliphatic heterocycles. The second kappa shape index (κ2) is 26.5. The van der Waals surface area contributed by atoms with Crippen molar-refractivity contribution < 1.29 is 0 Å². The third-order valence-electron chi connectivity index (χ3n) is 6.73. The lowest BCUT2D eigenvalue weighted by atomic mass is 9.97. The zero-order valence-corrected chi connectivity index (χ0v) is 29.3. The van der Waals surface area contributed by atoms with E-state index in [4.69, 9.17) is 0 Å². The first-order valence-corrected chi connectivity index (χ1v) is 16.1. The summed E-state index contributed by atoms with van der Waals surface area (Å²) >= 11 is 0. The summed E-state index contributed by atoms with van der Waals surface area (Å²) in [4.78, 5) is 0. The van der Waals surface area contributed by atoms with E-state index in [1.54, 1.807) is 0 Å². The summed E-state index contributed by atoms with van der Waals surface area (Å²) in [5, 5.41) is 2.62. The van der Waals surface area contributed by atoms with Crippen molar-refractivity contribution in [3.8, 4) is 11.1 Å². The Bertz CT molecular complexity index is 1410. The number of hydrogen-bond acceptors (Lipinski definition) is 0. The molecule has 0 atom stereocenters. The van der Waals surface area contributed by atoms with Crippen molar-refractivity contribution in [2.75, 3.05) is 0 Å². The van der Waals surface area contributed by atoms with E-state index < -0.39 is 0 Å². The fourth-order valence-corrected chi connectivity index (χ4v) is 3.96. The van der Waals surface area contributed by atoms with Crippen LogP contribution in [0.3, 0.4) is 0 Å². The molecule has 0 radical (unpaired) electrons. The Kier molecular flexibility index (Phi) is 24.0. The van der Waals surface area contributed by atoms with Crippen molar-refractivity contribution in [2.24, 2.45) is 0 Å². The lowest BCUT2D eigenvalue weighted by Crippen LogP contribution is -2.22. The van der Waals surface area contributed by atoms with E-state index >= 15 is 0 Å². The summed E-state index contributed by atoms with van der Waals surface area (Å²) in [5.74, 6) is 0. The summed E-state index contributed by atoms with van der Waals surface area (Å²) in [7, 11) is 0. The van der Waals surface area contributed by atoms with Crippen molar-refractivity contribution in [1.82, 2.24) is 0 Å². The van der Waals surface area contributed by atoms with Crippen molar-refractivity contribution in [3.63, 3.8) is 0 Å². The molecular weight excluding hydrogens is 528 g/mol. The molecule has 0 aliphatic carbocycles. The Morgan fingerprint density at radius 3 is 1.11 bits per heavy atom. The zero-order chi connectivity index (χ0) is 33.0. The molecule has 4 aromatic rings. The minimum absolute atomic E-state index is 1.31. The van der Waals surface area contributed by atoms with Crippen LogP contribution in [0.25, 0.3) is 29.4 Å². The Labute approximate surface area is 270 Å². The Balaban J connectivity index is 0.000000557. The maximum absolute atomic E-state index is 2.18. The first-order chi connectivity index (χ1) is 21.3. The van der Waals surface area contributed by atoms with Crippen LogP contribution in [-0.4, -0.2) is 0 Å². The summed E-state index contributed by atoms with van der Waals surface area (Å²) in [6.07, 6.45) is 19.1. The molecular formula is C44H58. The van der Waals surface area contributed by atoms with Gasteiger partial charge in [-0.2, -0.15) is 0 Å². The quantitative estimate of drug-likeness (QED) is 0.209. The average molecular weight is 587 g/mol. The highest BCUT2D eigenvalue weighted by Gasteiger charge is 2.02. The predicted molar refractivity (Wildman–Crippen MR) is 203 cm³/mol. The average Bonchev–Trinajstić information content (AvgIpc) is 3.06. The lowest BCUT2D eigenvalue weighted by Gasteiger charge is -2.08. The molecule has 0 aromatic heterocycles. The highest BCUT2D eigenvalue weighted by molar-refractivity contribution is 5.70. The topological polar surface area (TPSA) is 0 Å². The van der Waals surface area contributed by atoms with Crippen LogP contribution in [0.5, 0.6) is 0 Å². The number of allylic oxidation sites excluding steroid dienone is 5. The van der Waals surface area contributed by atoms with Crippen molar-refractivity contribution >= 4 is 18.2 Å². The van der Waals surface area contributed by atoms with Gasteiger partial charge in [-0.05, 0) is 99.2 Å². The van der Waals surface area contributed by atoms with Crippen molar-refractivity contribution in [1.29, 1.82) is 0 Å². The molecule has 0 saturated carbocycles. The Morgan fingerprint density at radius 1 is 0.432 bits per heavy atom. The number of benzene rings is 4. The molecule has 234 valence electrons. The van der Waals surface area contributed by atoms with E-state index in [1.807, 2.05) is 45.1 Å². The molecule has 0 nitrogen and oxygen atoms in total. The van der Waals surface area contributed by atoms with Gasteiger partial charge in [-0.1, -0.05) is 172 Å². The third-order valence-corrected chi connectivity index (χ3v) is 6.73. The molecule has 0 saturated heterocycles. The largest absolute Gasteiger partial charge is 0.0877 e. The molecule has 44 heavy (non-hydrogen) atoms. The van der Waals surface area contributed by atoms with Crippen molar-refractivity contribution in [2.45, 2.75) is 82.1 Å².